The number of hydrogen-bond acceptors (Lipinski definition) is 4. The van der Waals surface area contributed by atoms with E-state index < -0.39 is 11.7 Å². The van der Waals surface area contributed by atoms with E-state index in [-0.39, 0.29) is 11.6 Å². The molecule has 2 heterocycles. The van der Waals surface area contributed by atoms with Crippen LogP contribution >= 0.6 is 0 Å². The molecule has 7 heteroatoms. The van der Waals surface area contributed by atoms with Gasteiger partial charge in [0.25, 0.3) is 0 Å². The molecule has 1 saturated heterocycles. The lowest BCUT2D eigenvalue weighted by molar-refractivity contribution is -0.137. The standard InChI is InChI=1S/C20H21F3N4/c1-2-27(16-8-7-15(12-24)19(11-16)20(21,22)23)18-6-4-10-26(14-18)17-5-3-9-25-13-17/h3,5,7-9,11,13,18H,2,4,6,10,14H2,1H3/t18-/m1/s1. The van der Waals surface area contributed by atoms with Gasteiger partial charge in [0.05, 0.1) is 29.1 Å². The lowest BCUT2D eigenvalue weighted by atomic mass is 10.0. The maximum atomic E-state index is 13.3. The average molecular weight is 374 g/mol. The summed E-state index contributed by atoms with van der Waals surface area (Å²) >= 11 is 0. The number of likely N-dealkylation sites (N-methyl/N-ethyl adjacent to an activating group) is 1. The topological polar surface area (TPSA) is 43.2 Å². The Morgan fingerprint density at radius 3 is 2.78 bits per heavy atom. The van der Waals surface area contributed by atoms with Crippen molar-refractivity contribution in [2.45, 2.75) is 32.0 Å². The second-order valence-corrected chi connectivity index (χ2v) is 6.58. The Labute approximate surface area is 156 Å². The van der Waals surface area contributed by atoms with Gasteiger partial charge in [-0.1, -0.05) is 0 Å². The minimum atomic E-state index is -4.55. The Morgan fingerprint density at radius 1 is 1.33 bits per heavy atom. The summed E-state index contributed by atoms with van der Waals surface area (Å²) in [6.45, 7) is 4.16. The predicted octanol–water partition coefficient (Wildman–Crippen LogP) is 4.47. The highest BCUT2D eigenvalue weighted by molar-refractivity contribution is 5.56. The van der Waals surface area contributed by atoms with Gasteiger partial charge in [-0.25, -0.2) is 0 Å². The van der Waals surface area contributed by atoms with E-state index in [0.717, 1.165) is 37.7 Å². The Kier molecular flexibility index (Phi) is 5.54. The zero-order valence-electron chi connectivity index (χ0n) is 15.1. The lowest BCUT2D eigenvalue weighted by Gasteiger charge is -2.41. The number of nitriles is 1. The van der Waals surface area contributed by atoms with Crippen LogP contribution in [0.4, 0.5) is 24.5 Å². The van der Waals surface area contributed by atoms with Gasteiger partial charge in [-0.15, -0.1) is 0 Å². The molecule has 4 nitrogen and oxygen atoms in total. The van der Waals surface area contributed by atoms with Crippen LogP contribution in [0.3, 0.4) is 0 Å². The predicted molar refractivity (Wildman–Crippen MR) is 98.7 cm³/mol. The Morgan fingerprint density at radius 2 is 2.15 bits per heavy atom. The van der Waals surface area contributed by atoms with E-state index in [4.69, 9.17) is 5.26 Å². The van der Waals surface area contributed by atoms with E-state index in [1.54, 1.807) is 18.3 Å². The van der Waals surface area contributed by atoms with Crippen LogP contribution in [0.1, 0.15) is 30.9 Å². The van der Waals surface area contributed by atoms with Crippen molar-refractivity contribution in [3.05, 3.63) is 53.9 Å². The van der Waals surface area contributed by atoms with Crippen LogP contribution in [0, 0.1) is 11.3 Å². The van der Waals surface area contributed by atoms with E-state index in [2.05, 4.69) is 9.88 Å². The summed E-state index contributed by atoms with van der Waals surface area (Å²) in [5.41, 5.74) is 0.305. The molecule has 0 spiro atoms. The monoisotopic (exact) mass is 374 g/mol. The molecule has 0 bridgehead atoms. The fourth-order valence-electron chi connectivity index (χ4n) is 3.68. The molecule has 0 amide bonds. The summed E-state index contributed by atoms with van der Waals surface area (Å²) in [4.78, 5) is 8.37. The first-order valence-corrected chi connectivity index (χ1v) is 8.97. The maximum Gasteiger partial charge on any atom is 0.417 e. The van der Waals surface area contributed by atoms with Crippen molar-refractivity contribution < 1.29 is 13.2 Å². The van der Waals surface area contributed by atoms with E-state index in [1.807, 2.05) is 30.2 Å². The molecule has 0 saturated carbocycles. The molecule has 1 aliphatic rings. The fraction of sp³-hybridized carbons (Fsp3) is 0.400. The van der Waals surface area contributed by atoms with E-state index in [0.29, 0.717) is 12.2 Å². The molecule has 0 N–H and O–H groups in total. The van der Waals surface area contributed by atoms with E-state index in [9.17, 15) is 13.2 Å². The van der Waals surface area contributed by atoms with Crippen LogP contribution in [-0.2, 0) is 6.18 Å². The molecule has 0 unspecified atom stereocenters. The lowest BCUT2D eigenvalue weighted by Crippen LogP contribution is -2.48. The molecule has 1 aromatic carbocycles. The van der Waals surface area contributed by atoms with Crippen molar-refractivity contribution in [2.24, 2.45) is 0 Å². The van der Waals surface area contributed by atoms with Crippen LogP contribution in [0.25, 0.3) is 0 Å². The number of pyridine rings is 1. The van der Waals surface area contributed by atoms with Crippen molar-refractivity contribution in [3.8, 4) is 6.07 Å². The number of hydrogen-bond donors (Lipinski definition) is 0. The zero-order chi connectivity index (χ0) is 19.4. The molecule has 3 rings (SSSR count). The number of alkyl halides is 3. The summed E-state index contributed by atoms with van der Waals surface area (Å²) in [5, 5.41) is 9.00. The van der Waals surface area contributed by atoms with Gasteiger partial charge >= 0.3 is 6.18 Å². The Balaban J connectivity index is 1.87. The second kappa shape index (κ2) is 7.87. The van der Waals surface area contributed by atoms with Gasteiger partial charge in [-0.2, -0.15) is 18.4 Å². The van der Waals surface area contributed by atoms with Crippen LogP contribution in [-0.4, -0.2) is 30.7 Å². The average Bonchev–Trinajstić information content (AvgIpc) is 2.69. The van der Waals surface area contributed by atoms with Gasteiger partial charge < -0.3 is 9.80 Å². The number of rotatable bonds is 4. The van der Waals surface area contributed by atoms with Crippen molar-refractivity contribution in [2.75, 3.05) is 29.4 Å². The SMILES string of the molecule is CCN(c1ccc(C#N)c(C(F)(F)F)c1)[C@@H]1CCCN(c2cccnc2)C1. The molecule has 1 aliphatic heterocycles. The van der Waals surface area contributed by atoms with Crippen molar-refractivity contribution in [1.82, 2.24) is 4.98 Å². The summed E-state index contributed by atoms with van der Waals surface area (Å²) < 4.78 is 40.0. The van der Waals surface area contributed by atoms with Gasteiger partial charge in [0, 0.05) is 37.6 Å². The molecule has 2 aromatic rings. The summed E-state index contributed by atoms with van der Waals surface area (Å²) in [6.07, 6.45) is 0.847. The molecule has 142 valence electrons. The third kappa shape index (κ3) is 4.16. The largest absolute Gasteiger partial charge is 0.417 e. The first-order valence-electron chi connectivity index (χ1n) is 8.97. The highest BCUT2D eigenvalue weighted by Crippen LogP contribution is 2.35. The van der Waals surface area contributed by atoms with Crippen LogP contribution in [0.15, 0.2) is 42.7 Å². The highest BCUT2D eigenvalue weighted by atomic mass is 19.4. The minimum absolute atomic E-state index is 0.0953. The van der Waals surface area contributed by atoms with Crippen molar-refractivity contribution in [3.63, 3.8) is 0 Å². The minimum Gasteiger partial charge on any atom is -0.368 e. The number of anilines is 2. The van der Waals surface area contributed by atoms with Crippen LogP contribution in [0.5, 0.6) is 0 Å². The molecule has 1 fully saturated rings. The summed E-state index contributed by atoms with van der Waals surface area (Å²) in [5.74, 6) is 0. The summed E-state index contributed by atoms with van der Waals surface area (Å²) in [7, 11) is 0. The molecule has 0 aliphatic carbocycles. The van der Waals surface area contributed by atoms with Gasteiger partial charge in [0.15, 0.2) is 0 Å². The molecule has 1 atom stereocenters. The quantitative estimate of drug-likeness (QED) is 0.792. The smallest absolute Gasteiger partial charge is 0.368 e. The van der Waals surface area contributed by atoms with Gasteiger partial charge in [-0.05, 0) is 50.1 Å². The normalized spacial score (nSPS) is 17.4. The number of halogens is 3. The van der Waals surface area contributed by atoms with E-state index >= 15 is 0 Å². The van der Waals surface area contributed by atoms with Gasteiger partial charge in [0.1, 0.15) is 0 Å². The molecular formula is C20H21F3N4. The van der Waals surface area contributed by atoms with Crippen LogP contribution < -0.4 is 9.80 Å². The Bertz CT molecular complexity index is 814. The van der Waals surface area contributed by atoms with Crippen LogP contribution in [0.2, 0.25) is 0 Å². The number of nitrogens with zero attached hydrogens (tertiary/aromatic N) is 4. The fourth-order valence-corrected chi connectivity index (χ4v) is 3.68. The maximum absolute atomic E-state index is 13.3. The highest BCUT2D eigenvalue weighted by Gasteiger charge is 2.35. The number of aromatic nitrogens is 1. The molecule has 1 aromatic heterocycles. The van der Waals surface area contributed by atoms with Gasteiger partial charge in [-0.3, -0.25) is 4.98 Å². The van der Waals surface area contributed by atoms with E-state index in [1.165, 1.54) is 6.07 Å². The first kappa shape index (κ1) is 19.0. The molecule has 27 heavy (non-hydrogen) atoms. The second-order valence-electron chi connectivity index (χ2n) is 6.58. The van der Waals surface area contributed by atoms with Crippen molar-refractivity contribution >= 4 is 11.4 Å². The number of piperidine rings is 1. The molecule has 0 radical (unpaired) electrons. The third-order valence-electron chi connectivity index (χ3n) is 4.95. The van der Waals surface area contributed by atoms with Gasteiger partial charge in [0.2, 0.25) is 0 Å². The molecular weight excluding hydrogens is 353 g/mol. The van der Waals surface area contributed by atoms with Crippen molar-refractivity contribution in [1.29, 1.82) is 5.26 Å². The Hall–Kier alpha value is -2.75. The summed E-state index contributed by atoms with van der Waals surface area (Å²) in [6, 6.07) is 9.59. The zero-order valence-corrected chi connectivity index (χ0v) is 15.1. The number of benzene rings is 1. The first-order chi connectivity index (χ1) is 12.9. The third-order valence-corrected chi connectivity index (χ3v) is 4.95.